The highest BCUT2D eigenvalue weighted by Crippen LogP contribution is 2.20. The second kappa shape index (κ2) is 9.59. The van der Waals surface area contributed by atoms with Crippen LogP contribution in [0.4, 0.5) is 4.79 Å². The van der Waals surface area contributed by atoms with Crippen LogP contribution in [-0.4, -0.2) is 62.9 Å². The first kappa shape index (κ1) is 22.3. The van der Waals surface area contributed by atoms with Crippen LogP contribution in [0.5, 0.6) is 0 Å². The first-order chi connectivity index (χ1) is 14.3. The smallest absolute Gasteiger partial charge is 0.317 e. The number of primary sulfonamides is 1. The van der Waals surface area contributed by atoms with Crippen LogP contribution in [0.25, 0.3) is 0 Å². The maximum Gasteiger partial charge on any atom is 0.317 e. The Kier molecular flexibility index (Phi) is 7.11. The summed E-state index contributed by atoms with van der Waals surface area (Å²) in [4.78, 5) is 29.3. The fourth-order valence-electron chi connectivity index (χ4n) is 3.23. The van der Waals surface area contributed by atoms with E-state index in [1.54, 1.807) is 15.9 Å². The van der Waals surface area contributed by atoms with Crippen LogP contribution in [0, 0.1) is 0 Å². The van der Waals surface area contributed by atoms with E-state index in [1.807, 2.05) is 24.3 Å². The summed E-state index contributed by atoms with van der Waals surface area (Å²) in [5.74, 6) is -0.0129. The molecule has 1 fully saturated rings. The van der Waals surface area contributed by atoms with Crippen LogP contribution < -0.4 is 10.5 Å². The number of aryl methyl sites for hydroxylation is 1. The lowest BCUT2D eigenvalue weighted by Gasteiger charge is -2.34. The van der Waals surface area contributed by atoms with Gasteiger partial charge in [-0.15, -0.1) is 11.3 Å². The highest BCUT2D eigenvalue weighted by Gasteiger charge is 2.24. The van der Waals surface area contributed by atoms with Gasteiger partial charge in [0.15, 0.2) is 0 Å². The van der Waals surface area contributed by atoms with Crippen LogP contribution in [-0.2, 0) is 22.9 Å². The summed E-state index contributed by atoms with van der Waals surface area (Å²) >= 11 is 1.11. The summed E-state index contributed by atoms with van der Waals surface area (Å²) in [6.07, 6.45) is 1.46. The summed E-state index contributed by atoms with van der Waals surface area (Å²) in [6, 6.07) is 10.6. The Morgan fingerprint density at radius 1 is 1.03 bits per heavy atom. The van der Waals surface area contributed by atoms with Crippen LogP contribution in [0.1, 0.15) is 27.7 Å². The zero-order valence-corrected chi connectivity index (χ0v) is 18.5. The second-order valence-electron chi connectivity index (χ2n) is 7.08. The molecule has 0 unspecified atom stereocenters. The lowest BCUT2D eigenvalue weighted by atomic mass is 10.1. The maximum absolute atomic E-state index is 12.6. The van der Waals surface area contributed by atoms with Crippen molar-refractivity contribution in [2.45, 2.75) is 24.0 Å². The van der Waals surface area contributed by atoms with Crippen molar-refractivity contribution in [2.24, 2.45) is 5.14 Å². The van der Waals surface area contributed by atoms with Gasteiger partial charge in [-0.05, 0) is 42.7 Å². The van der Waals surface area contributed by atoms with Gasteiger partial charge in [0.2, 0.25) is 10.0 Å². The molecule has 2 heterocycles. The molecule has 1 aliphatic heterocycles. The molecule has 10 heteroatoms. The number of amides is 3. The SMILES string of the molecule is CCc1ccc(C(=O)N2CCN(C(=O)NCCc3ccc(S(N)(=O)=O)s3)CC2)cc1. The van der Waals surface area contributed by atoms with E-state index >= 15 is 0 Å². The molecule has 2 aromatic rings. The van der Waals surface area contributed by atoms with Gasteiger partial charge in [-0.1, -0.05) is 19.1 Å². The van der Waals surface area contributed by atoms with Crippen molar-refractivity contribution < 1.29 is 18.0 Å². The highest BCUT2D eigenvalue weighted by atomic mass is 32.2. The van der Waals surface area contributed by atoms with Crippen LogP contribution in [0.3, 0.4) is 0 Å². The summed E-state index contributed by atoms with van der Waals surface area (Å²) in [7, 11) is -3.69. The number of sulfonamides is 1. The van der Waals surface area contributed by atoms with Crippen LogP contribution in [0.2, 0.25) is 0 Å². The normalized spacial score (nSPS) is 14.6. The van der Waals surface area contributed by atoms with Crippen molar-refractivity contribution in [1.82, 2.24) is 15.1 Å². The number of piperazine rings is 1. The third kappa shape index (κ3) is 5.59. The summed E-state index contributed by atoms with van der Waals surface area (Å²) in [6.45, 7) is 4.39. The molecule has 0 saturated carbocycles. The van der Waals surface area contributed by atoms with Gasteiger partial charge in [-0.3, -0.25) is 4.79 Å². The number of hydrogen-bond donors (Lipinski definition) is 2. The summed E-state index contributed by atoms with van der Waals surface area (Å²) in [5.41, 5.74) is 1.86. The van der Waals surface area contributed by atoms with Gasteiger partial charge in [-0.2, -0.15) is 0 Å². The molecular formula is C20H26N4O4S2. The van der Waals surface area contributed by atoms with E-state index in [2.05, 4.69) is 12.2 Å². The molecule has 1 aliphatic rings. The number of nitrogens with one attached hydrogen (secondary N) is 1. The molecule has 8 nitrogen and oxygen atoms in total. The highest BCUT2D eigenvalue weighted by molar-refractivity contribution is 7.91. The maximum atomic E-state index is 12.6. The average Bonchev–Trinajstić information content (AvgIpc) is 3.23. The first-order valence-corrected chi connectivity index (χ1v) is 12.2. The van der Waals surface area contributed by atoms with Gasteiger partial charge in [0, 0.05) is 43.2 Å². The summed E-state index contributed by atoms with van der Waals surface area (Å²) < 4.78 is 22.7. The number of benzene rings is 1. The quantitative estimate of drug-likeness (QED) is 0.697. The average molecular weight is 451 g/mol. The predicted octanol–water partition coefficient (Wildman–Crippen LogP) is 1.67. The number of carbonyl (C=O) groups excluding carboxylic acids is 2. The van der Waals surface area contributed by atoms with E-state index in [0.717, 1.165) is 22.6 Å². The van der Waals surface area contributed by atoms with Crippen molar-refractivity contribution >= 4 is 33.3 Å². The van der Waals surface area contributed by atoms with E-state index < -0.39 is 10.0 Å². The predicted molar refractivity (Wildman–Crippen MR) is 116 cm³/mol. The van der Waals surface area contributed by atoms with Crippen molar-refractivity contribution in [3.05, 3.63) is 52.4 Å². The molecule has 1 saturated heterocycles. The number of hydrogen-bond acceptors (Lipinski definition) is 5. The Morgan fingerprint density at radius 2 is 1.67 bits per heavy atom. The molecule has 0 radical (unpaired) electrons. The fraction of sp³-hybridized carbons (Fsp3) is 0.400. The topological polar surface area (TPSA) is 113 Å². The number of rotatable bonds is 6. The van der Waals surface area contributed by atoms with Crippen molar-refractivity contribution in [3.63, 3.8) is 0 Å². The molecule has 30 heavy (non-hydrogen) atoms. The minimum absolute atomic E-state index is 0.0129. The van der Waals surface area contributed by atoms with E-state index in [1.165, 1.54) is 11.6 Å². The van der Waals surface area contributed by atoms with Crippen LogP contribution >= 0.6 is 11.3 Å². The number of nitrogens with two attached hydrogens (primary N) is 1. The number of nitrogens with zero attached hydrogens (tertiary/aromatic N) is 2. The van der Waals surface area contributed by atoms with E-state index in [9.17, 15) is 18.0 Å². The second-order valence-corrected chi connectivity index (χ2v) is 10.0. The number of carbonyl (C=O) groups is 2. The van der Waals surface area contributed by atoms with Crippen molar-refractivity contribution in [2.75, 3.05) is 32.7 Å². The minimum Gasteiger partial charge on any atom is -0.338 e. The van der Waals surface area contributed by atoms with Crippen molar-refractivity contribution in [1.29, 1.82) is 0 Å². The van der Waals surface area contributed by atoms with Gasteiger partial charge < -0.3 is 15.1 Å². The monoisotopic (exact) mass is 450 g/mol. The van der Waals surface area contributed by atoms with E-state index in [-0.39, 0.29) is 16.1 Å². The molecular weight excluding hydrogens is 424 g/mol. The lowest BCUT2D eigenvalue weighted by molar-refractivity contribution is 0.0665. The Bertz CT molecular complexity index is 994. The number of thiophene rings is 1. The third-order valence-corrected chi connectivity index (χ3v) is 7.61. The molecule has 0 bridgehead atoms. The molecule has 0 atom stereocenters. The van der Waals surface area contributed by atoms with Gasteiger partial charge >= 0.3 is 6.03 Å². The van der Waals surface area contributed by atoms with Gasteiger partial charge in [-0.25, -0.2) is 18.4 Å². The van der Waals surface area contributed by atoms with Gasteiger partial charge in [0.25, 0.3) is 5.91 Å². The Hall–Kier alpha value is -2.43. The lowest BCUT2D eigenvalue weighted by Crippen LogP contribution is -2.53. The molecule has 3 amide bonds. The Labute approximate surface area is 180 Å². The molecule has 3 rings (SSSR count). The number of urea groups is 1. The van der Waals surface area contributed by atoms with E-state index in [4.69, 9.17) is 5.14 Å². The first-order valence-electron chi connectivity index (χ1n) is 9.80. The Balaban J connectivity index is 1.43. The standard InChI is InChI=1S/C20H26N4O4S2/c1-2-15-3-5-16(6-4-15)19(25)23-11-13-24(14-12-23)20(26)22-10-9-17-7-8-18(29-17)30(21,27)28/h3-8H,2,9-14H2,1H3,(H,22,26)(H2,21,27,28). The van der Waals surface area contributed by atoms with Gasteiger partial charge in [0.1, 0.15) is 4.21 Å². The Morgan fingerprint density at radius 3 is 2.23 bits per heavy atom. The summed E-state index contributed by atoms with van der Waals surface area (Å²) in [5, 5.41) is 7.95. The van der Waals surface area contributed by atoms with Gasteiger partial charge in [0.05, 0.1) is 0 Å². The fourth-order valence-corrected chi connectivity index (χ4v) is 5.01. The van der Waals surface area contributed by atoms with Crippen LogP contribution in [0.15, 0.2) is 40.6 Å². The largest absolute Gasteiger partial charge is 0.338 e. The zero-order valence-electron chi connectivity index (χ0n) is 16.8. The van der Waals surface area contributed by atoms with E-state index in [0.29, 0.717) is 44.7 Å². The molecule has 0 spiro atoms. The molecule has 0 aliphatic carbocycles. The molecule has 162 valence electrons. The minimum atomic E-state index is -3.69. The third-order valence-electron chi connectivity index (χ3n) is 5.03. The zero-order chi connectivity index (χ0) is 21.7. The van der Waals surface area contributed by atoms with Crippen molar-refractivity contribution in [3.8, 4) is 0 Å². The molecule has 1 aromatic heterocycles. The molecule has 1 aromatic carbocycles. The molecule has 3 N–H and O–H groups in total.